The van der Waals surface area contributed by atoms with Crippen LogP contribution in [0.1, 0.15) is 25.3 Å². The van der Waals surface area contributed by atoms with Crippen molar-refractivity contribution in [2.75, 3.05) is 13.1 Å². The topological polar surface area (TPSA) is 45.5 Å². The molecule has 0 bridgehead atoms. The molecule has 1 fully saturated rings. The van der Waals surface area contributed by atoms with Gasteiger partial charge in [-0.1, -0.05) is 18.2 Å². The average molecular weight is 312 g/mol. The highest BCUT2D eigenvalue weighted by Crippen LogP contribution is 2.23. The van der Waals surface area contributed by atoms with E-state index in [0.29, 0.717) is 5.92 Å². The lowest BCUT2D eigenvalue weighted by Crippen LogP contribution is -2.39. The summed E-state index contributed by atoms with van der Waals surface area (Å²) in [5, 5.41) is 10.8. The highest BCUT2D eigenvalue weighted by atomic mass is 16.3. The smallest absolute Gasteiger partial charge is 0.246 e. The Kier molecular flexibility index (Phi) is 4.53. The van der Waals surface area contributed by atoms with E-state index >= 15 is 0 Å². The largest absolute Gasteiger partial charge is 0.393 e. The maximum Gasteiger partial charge on any atom is 0.246 e. The second-order valence-corrected chi connectivity index (χ2v) is 6.45. The first kappa shape index (κ1) is 15.8. The van der Waals surface area contributed by atoms with Crippen LogP contribution in [0.4, 0.5) is 0 Å². The summed E-state index contributed by atoms with van der Waals surface area (Å²) in [7, 11) is 2.02. The van der Waals surface area contributed by atoms with Crippen molar-refractivity contribution in [2.24, 2.45) is 13.0 Å². The zero-order chi connectivity index (χ0) is 16.4. The minimum absolute atomic E-state index is 0.0574. The Labute approximate surface area is 137 Å². The van der Waals surface area contributed by atoms with Crippen LogP contribution in [0, 0.1) is 5.92 Å². The number of aromatic nitrogens is 1. The van der Waals surface area contributed by atoms with Gasteiger partial charge < -0.3 is 14.6 Å². The van der Waals surface area contributed by atoms with Gasteiger partial charge in [0.25, 0.3) is 0 Å². The summed E-state index contributed by atoms with van der Waals surface area (Å²) in [6, 6.07) is 8.19. The van der Waals surface area contributed by atoms with E-state index in [9.17, 15) is 9.90 Å². The van der Waals surface area contributed by atoms with Gasteiger partial charge in [-0.15, -0.1) is 0 Å². The van der Waals surface area contributed by atoms with Gasteiger partial charge >= 0.3 is 0 Å². The van der Waals surface area contributed by atoms with Crippen molar-refractivity contribution in [3.63, 3.8) is 0 Å². The molecular formula is C19H24N2O2. The maximum atomic E-state index is 12.4. The summed E-state index contributed by atoms with van der Waals surface area (Å²) >= 11 is 0. The van der Waals surface area contributed by atoms with E-state index in [-0.39, 0.29) is 12.0 Å². The lowest BCUT2D eigenvalue weighted by molar-refractivity contribution is -0.127. The molecule has 4 heteroatoms. The Bertz CT molecular complexity index is 722. The number of aliphatic hydroxyl groups excluding tert-OH is 1. The van der Waals surface area contributed by atoms with Crippen LogP contribution < -0.4 is 0 Å². The molecule has 2 heterocycles. The van der Waals surface area contributed by atoms with Crippen LogP contribution in [0.2, 0.25) is 0 Å². The molecule has 0 aliphatic carbocycles. The van der Waals surface area contributed by atoms with E-state index < -0.39 is 0 Å². The number of para-hydroxylation sites is 1. The van der Waals surface area contributed by atoms with Crippen LogP contribution in [0.15, 0.2) is 36.5 Å². The number of benzene rings is 1. The summed E-state index contributed by atoms with van der Waals surface area (Å²) in [4.78, 5) is 14.2. The standard InChI is InChI=1S/C19H24N2O2/c1-14(22)15-9-11-21(12-10-15)19(23)8-7-16-13-20(2)18-6-4-3-5-17(16)18/h3-8,13-15,22H,9-12H2,1-2H3. The minimum Gasteiger partial charge on any atom is -0.393 e. The van der Waals surface area contributed by atoms with E-state index in [2.05, 4.69) is 16.7 Å². The van der Waals surface area contributed by atoms with Crippen molar-refractivity contribution >= 4 is 22.9 Å². The van der Waals surface area contributed by atoms with Gasteiger partial charge in [0.1, 0.15) is 0 Å². The summed E-state index contributed by atoms with van der Waals surface area (Å²) < 4.78 is 2.08. The van der Waals surface area contributed by atoms with Crippen molar-refractivity contribution in [1.82, 2.24) is 9.47 Å². The SMILES string of the molecule is CC(O)C1CCN(C(=O)C=Cc2cn(C)c3ccccc23)CC1. The van der Waals surface area contributed by atoms with Crippen molar-refractivity contribution in [3.8, 4) is 0 Å². The van der Waals surface area contributed by atoms with Gasteiger partial charge in [-0.3, -0.25) is 4.79 Å². The number of nitrogens with zero attached hydrogens (tertiary/aromatic N) is 2. The van der Waals surface area contributed by atoms with Gasteiger partial charge in [0.15, 0.2) is 0 Å². The third-order valence-corrected chi connectivity index (χ3v) is 4.87. The number of likely N-dealkylation sites (tertiary alicyclic amines) is 1. The third kappa shape index (κ3) is 3.32. The van der Waals surface area contributed by atoms with Crippen molar-refractivity contribution in [3.05, 3.63) is 42.1 Å². The first-order chi connectivity index (χ1) is 11.1. The normalized spacial score (nSPS) is 18.0. The van der Waals surface area contributed by atoms with Gasteiger partial charge in [-0.2, -0.15) is 0 Å². The van der Waals surface area contributed by atoms with Gasteiger partial charge in [0.05, 0.1) is 6.10 Å². The molecule has 1 atom stereocenters. The molecule has 1 N–H and O–H groups in total. The number of hydrogen-bond acceptors (Lipinski definition) is 2. The second kappa shape index (κ2) is 6.59. The second-order valence-electron chi connectivity index (χ2n) is 6.45. The average Bonchev–Trinajstić information content (AvgIpc) is 2.89. The molecule has 1 aromatic carbocycles. The molecule has 2 aromatic rings. The first-order valence-electron chi connectivity index (χ1n) is 8.25. The fraction of sp³-hybridized carbons (Fsp3) is 0.421. The van der Waals surface area contributed by atoms with Crippen LogP contribution in [-0.4, -0.2) is 39.7 Å². The lowest BCUT2D eigenvalue weighted by Gasteiger charge is -2.32. The van der Waals surface area contributed by atoms with Gasteiger partial charge in [0, 0.05) is 48.9 Å². The van der Waals surface area contributed by atoms with Gasteiger partial charge in [0.2, 0.25) is 5.91 Å². The third-order valence-electron chi connectivity index (χ3n) is 4.87. The van der Waals surface area contributed by atoms with Gasteiger partial charge in [-0.25, -0.2) is 0 Å². The highest BCUT2D eigenvalue weighted by Gasteiger charge is 2.24. The minimum atomic E-state index is -0.279. The Balaban J connectivity index is 1.69. The van der Waals surface area contributed by atoms with E-state index in [0.717, 1.165) is 42.4 Å². The Morgan fingerprint density at radius 1 is 1.30 bits per heavy atom. The predicted octanol–water partition coefficient (Wildman–Crippen LogP) is 2.81. The van der Waals surface area contributed by atoms with Crippen molar-refractivity contribution < 1.29 is 9.90 Å². The zero-order valence-electron chi connectivity index (χ0n) is 13.8. The molecule has 0 radical (unpaired) electrons. The Hall–Kier alpha value is -2.07. The molecule has 3 rings (SSSR count). The number of piperidine rings is 1. The number of carbonyl (C=O) groups excluding carboxylic acids is 1. The molecule has 1 aliphatic rings. The zero-order valence-corrected chi connectivity index (χ0v) is 13.8. The highest BCUT2D eigenvalue weighted by molar-refractivity contribution is 5.96. The van der Waals surface area contributed by atoms with Crippen LogP contribution >= 0.6 is 0 Å². The molecule has 23 heavy (non-hydrogen) atoms. The molecule has 4 nitrogen and oxygen atoms in total. The number of aliphatic hydroxyl groups is 1. The molecule has 1 unspecified atom stereocenters. The summed E-state index contributed by atoms with van der Waals surface area (Å²) in [6.07, 6.45) is 7.11. The number of hydrogen-bond donors (Lipinski definition) is 1. The summed E-state index contributed by atoms with van der Waals surface area (Å²) in [6.45, 7) is 3.30. The summed E-state index contributed by atoms with van der Waals surface area (Å²) in [5.41, 5.74) is 2.23. The fourth-order valence-electron chi connectivity index (χ4n) is 3.37. The van der Waals surface area contributed by atoms with Crippen LogP contribution in [0.3, 0.4) is 0 Å². The fourth-order valence-corrected chi connectivity index (χ4v) is 3.37. The van der Waals surface area contributed by atoms with E-state index in [1.54, 1.807) is 6.08 Å². The quantitative estimate of drug-likeness (QED) is 0.886. The van der Waals surface area contributed by atoms with Crippen LogP contribution in [-0.2, 0) is 11.8 Å². The van der Waals surface area contributed by atoms with Crippen molar-refractivity contribution in [2.45, 2.75) is 25.9 Å². The molecule has 1 aliphatic heterocycles. The number of fused-ring (bicyclic) bond motifs is 1. The van der Waals surface area contributed by atoms with Crippen LogP contribution in [0.5, 0.6) is 0 Å². The monoisotopic (exact) mass is 312 g/mol. The predicted molar refractivity (Wildman–Crippen MR) is 92.9 cm³/mol. The molecule has 0 spiro atoms. The molecule has 1 aromatic heterocycles. The molecule has 0 saturated carbocycles. The number of amides is 1. The van der Waals surface area contributed by atoms with E-state index in [1.807, 2.05) is 43.3 Å². The molecule has 1 saturated heterocycles. The Morgan fingerprint density at radius 2 is 2.00 bits per heavy atom. The molecule has 1 amide bonds. The number of rotatable bonds is 3. The maximum absolute atomic E-state index is 12.4. The van der Waals surface area contributed by atoms with E-state index in [4.69, 9.17) is 0 Å². The van der Waals surface area contributed by atoms with Crippen LogP contribution in [0.25, 0.3) is 17.0 Å². The molecule has 122 valence electrons. The first-order valence-corrected chi connectivity index (χ1v) is 8.25. The Morgan fingerprint density at radius 3 is 2.70 bits per heavy atom. The van der Waals surface area contributed by atoms with E-state index in [1.165, 1.54) is 0 Å². The van der Waals surface area contributed by atoms with Gasteiger partial charge in [-0.05, 0) is 37.8 Å². The summed E-state index contributed by atoms with van der Waals surface area (Å²) in [5.74, 6) is 0.378. The molecular weight excluding hydrogens is 288 g/mol. The number of aryl methyl sites for hydroxylation is 1. The lowest BCUT2D eigenvalue weighted by atomic mass is 9.92. The van der Waals surface area contributed by atoms with Crippen molar-refractivity contribution in [1.29, 1.82) is 0 Å². The number of carbonyl (C=O) groups is 1.